The molecule has 0 aliphatic carbocycles. The minimum absolute atomic E-state index is 0.215. The fourth-order valence-electron chi connectivity index (χ4n) is 2.09. The van der Waals surface area contributed by atoms with E-state index >= 15 is 0 Å². The molecule has 0 saturated carbocycles. The fraction of sp³-hybridized carbons (Fsp3) is 0.188. The van der Waals surface area contributed by atoms with Gasteiger partial charge in [-0.15, -0.1) is 11.3 Å². The van der Waals surface area contributed by atoms with Crippen molar-refractivity contribution in [1.29, 1.82) is 0 Å². The van der Waals surface area contributed by atoms with Crippen molar-refractivity contribution in [2.24, 2.45) is 0 Å². The number of nitrogens with zero attached hydrogens (tertiary/aromatic N) is 1. The topological polar surface area (TPSA) is 79.6 Å². The van der Waals surface area contributed by atoms with Crippen LogP contribution in [0.1, 0.15) is 15.5 Å². The quantitative estimate of drug-likeness (QED) is 0.827. The number of hydrogen-bond acceptors (Lipinski definition) is 6. The smallest absolute Gasteiger partial charge is 0.294 e. The molecule has 8 heteroatoms. The molecule has 1 saturated heterocycles. The van der Waals surface area contributed by atoms with Gasteiger partial charge in [-0.25, -0.2) is 0 Å². The Morgan fingerprint density at radius 3 is 2.83 bits per heavy atom. The molecule has 0 aromatic carbocycles. The van der Waals surface area contributed by atoms with Gasteiger partial charge in [0.1, 0.15) is 12.3 Å². The van der Waals surface area contributed by atoms with Crippen LogP contribution in [0.15, 0.2) is 39.9 Å². The van der Waals surface area contributed by atoms with Gasteiger partial charge in [0, 0.05) is 9.75 Å². The first-order chi connectivity index (χ1) is 11.5. The Morgan fingerprint density at radius 2 is 2.17 bits per heavy atom. The zero-order valence-corrected chi connectivity index (χ0v) is 14.4. The van der Waals surface area contributed by atoms with Crippen LogP contribution >= 0.6 is 23.1 Å². The van der Waals surface area contributed by atoms with E-state index in [1.54, 1.807) is 18.2 Å². The Labute approximate surface area is 146 Å². The highest BCUT2D eigenvalue weighted by Crippen LogP contribution is 2.33. The lowest BCUT2D eigenvalue weighted by atomic mass is 10.3. The lowest BCUT2D eigenvalue weighted by molar-refractivity contribution is -0.129. The van der Waals surface area contributed by atoms with E-state index in [0.29, 0.717) is 10.7 Å². The molecular formula is C16H14N2O4S2. The normalized spacial score (nSPS) is 16.2. The standard InChI is InChI=1S/C16H14N2O4S2/c1-10-4-5-12(23-10)7-13-15(20)18(16(21)24-13)9-14(19)17-8-11-3-2-6-22-11/h2-7H,8-9H2,1H3,(H,17,19)/b13-7-. The Bertz CT molecular complexity index is 808. The molecule has 0 atom stereocenters. The third-order valence-electron chi connectivity index (χ3n) is 3.25. The average molecular weight is 362 g/mol. The van der Waals surface area contributed by atoms with Crippen molar-refractivity contribution >= 4 is 46.2 Å². The van der Waals surface area contributed by atoms with Gasteiger partial charge in [-0.05, 0) is 49.0 Å². The average Bonchev–Trinajstić information content (AvgIpc) is 3.25. The molecule has 0 spiro atoms. The highest BCUT2D eigenvalue weighted by molar-refractivity contribution is 8.18. The maximum absolute atomic E-state index is 12.3. The van der Waals surface area contributed by atoms with Crippen molar-refractivity contribution in [1.82, 2.24) is 10.2 Å². The molecule has 1 N–H and O–H groups in total. The molecule has 2 aromatic rings. The maximum atomic E-state index is 12.3. The lowest BCUT2D eigenvalue weighted by Gasteiger charge is -2.11. The monoisotopic (exact) mass is 362 g/mol. The number of carbonyl (C=O) groups excluding carboxylic acids is 3. The van der Waals surface area contributed by atoms with Gasteiger partial charge in [0.15, 0.2) is 0 Å². The number of rotatable bonds is 5. The van der Waals surface area contributed by atoms with Crippen LogP contribution in [0.4, 0.5) is 4.79 Å². The minimum Gasteiger partial charge on any atom is -0.467 e. The molecule has 1 aliphatic heterocycles. The third-order valence-corrected chi connectivity index (χ3v) is 5.10. The third kappa shape index (κ3) is 3.77. The Morgan fingerprint density at radius 1 is 1.33 bits per heavy atom. The first kappa shape index (κ1) is 16.5. The zero-order valence-electron chi connectivity index (χ0n) is 12.8. The summed E-state index contributed by atoms with van der Waals surface area (Å²) in [5.41, 5.74) is 0. The van der Waals surface area contributed by atoms with E-state index < -0.39 is 17.1 Å². The number of thioether (sulfide) groups is 1. The summed E-state index contributed by atoms with van der Waals surface area (Å²) in [5, 5.41) is 2.18. The van der Waals surface area contributed by atoms with Crippen LogP contribution in [-0.2, 0) is 16.1 Å². The summed E-state index contributed by atoms with van der Waals surface area (Å²) in [4.78, 5) is 39.5. The summed E-state index contributed by atoms with van der Waals surface area (Å²) in [7, 11) is 0. The number of imide groups is 1. The van der Waals surface area contributed by atoms with Crippen LogP contribution < -0.4 is 5.32 Å². The van der Waals surface area contributed by atoms with Crippen molar-refractivity contribution in [3.8, 4) is 0 Å². The second-order valence-electron chi connectivity index (χ2n) is 5.07. The molecular weight excluding hydrogens is 348 g/mol. The summed E-state index contributed by atoms with van der Waals surface area (Å²) >= 11 is 2.39. The van der Waals surface area contributed by atoms with Crippen LogP contribution in [0.5, 0.6) is 0 Å². The predicted octanol–water partition coefficient (Wildman–Crippen LogP) is 3.00. The van der Waals surface area contributed by atoms with E-state index in [1.165, 1.54) is 17.6 Å². The zero-order chi connectivity index (χ0) is 17.1. The molecule has 2 aromatic heterocycles. The van der Waals surface area contributed by atoms with E-state index in [-0.39, 0.29) is 13.1 Å². The number of aryl methyl sites for hydroxylation is 1. The molecule has 24 heavy (non-hydrogen) atoms. The summed E-state index contributed by atoms with van der Waals surface area (Å²) in [6.45, 7) is 1.88. The van der Waals surface area contributed by atoms with E-state index in [4.69, 9.17) is 4.42 Å². The molecule has 0 bridgehead atoms. The largest absolute Gasteiger partial charge is 0.467 e. The van der Waals surface area contributed by atoms with E-state index in [0.717, 1.165) is 26.4 Å². The number of nitrogens with one attached hydrogen (secondary N) is 1. The van der Waals surface area contributed by atoms with Gasteiger partial charge in [-0.1, -0.05) is 0 Å². The molecule has 1 fully saturated rings. The van der Waals surface area contributed by atoms with Crippen molar-refractivity contribution in [3.05, 3.63) is 50.9 Å². The second kappa shape index (κ2) is 7.06. The van der Waals surface area contributed by atoms with Gasteiger partial charge < -0.3 is 9.73 Å². The van der Waals surface area contributed by atoms with E-state index in [1.807, 2.05) is 19.1 Å². The predicted molar refractivity (Wildman–Crippen MR) is 92.3 cm³/mol. The maximum Gasteiger partial charge on any atom is 0.294 e. The number of amides is 3. The minimum atomic E-state index is -0.441. The Kier molecular flexibility index (Phi) is 4.86. The number of hydrogen-bond donors (Lipinski definition) is 1. The van der Waals surface area contributed by atoms with E-state index in [9.17, 15) is 14.4 Å². The van der Waals surface area contributed by atoms with Gasteiger partial charge in [-0.2, -0.15) is 0 Å². The van der Waals surface area contributed by atoms with Gasteiger partial charge in [0.05, 0.1) is 17.7 Å². The first-order valence-electron chi connectivity index (χ1n) is 7.14. The van der Waals surface area contributed by atoms with Gasteiger partial charge >= 0.3 is 0 Å². The Balaban J connectivity index is 1.61. The SMILES string of the molecule is Cc1ccc(/C=C2\SC(=O)N(CC(=O)NCc3ccco3)C2=O)s1. The molecule has 6 nitrogen and oxygen atoms in total. The molecule has 124 valence electrons. The summed E-state index contributed by atoms with van der Waals surface area (Å²) < 4.78 is 5.11. The van der Waals surface area contributed by atoms with Gasteiger partial charge in [0.2, 0.25) is 5.91 Å². The number of thiophene rings is 1. The van der Waals surface area contributed by atoms with Crippen molar-refractivity contribution in [3.63, 3.8) is 0 Å². The Hall–Kier alpha value is -2.32. The van der Waals surface area contributed by atoms with Crippen LogP contribution in [-0.4, -0.2) is 28.5 Å². The molecule has 0 unspecified atom stereocenters. The summed E-state index contributed by atoms with van der Waals surface area (Å²) in [5.74, 6) is -0.253. The highest BCUT2D eigenvalue weighted by atomic mass is 32.2. The van der Waals surface area contributed by atoms with Gasteiger partial charge in [-0.3, -0.25) is 19.3 Å². The van der Waals surface area contributed by atoms with E-state index in [2.05, 4.69) is 5.32 Å². The van der Waals surface area contributed by atoms with Crippen molar-refractivity contribution in [2.45, 2.75) is 13.5 Å². The highest BCUT2D eigenvalue weighted by Gasteiger charge is 2.36. The van der Waals surface area contributed by atoms with Crippen LogP contribution in [0.2, 0.25) is 0 Å². The number of carbonyl (C=O) groups is 3. The molecule has 1 aliphatic rings. The fourth-order valence-corrected chi connectivity index (χ4v) is 3.82. The summed E-state index contributed by atoms with van der Waals surface area (Å²) in [6, 6.07) is 7.29. The lowest BCUT2D eigenvalue weighted by Crippen LogP contribution is -2.39. The molecule has 3 rings (SSSR count). The van der Waals surface area contributed by atoms with Crippen LogP contribution in [0.3, 0.4) is 0 Å². The molecule has 3 amide bonds. The van der Waals surface area contributed by atoms with Gasteiger partial charge in [0.25, 0.3) is 11.1 Å². The van der Waals surface area contributed by atoms with Crippen molar-refractivity contribution in [2.75, 3.05) is 6.54 Å². The number of furan rings is 1. The van der Waals surface area contributed by atoms with Crippen LogP contribution in [0, 0.1) is 6.92 Å². The van der Waals surface area contributed by atoms with Crippen LogP contribution in [0.25, 0.3) is 6.08 Å². The van der Waals surface area contributed by atoms with Crippen molar-refractivity contribution < 1.29 is 18.8 Å². The second-order valence-corrected chi connectivity index (χ2v) is 7.39. The molecule has 0 radical (unpaired) electrons. The first-order valence-corrected chi connectivity index (χ1v) is 8.77. The molecule has 3 heterocycles. The summed E-state index contributed by atoms with van der Waals surface area (Å²) in [6.07, 6.45) is 3.19.